The first-order chi connectivity index (χ1) is 9.24. The Labute approximate surface area is 115 Å². The number of allylic oxidation sites excluding steroid dienone is 1. The molecular formula is C18H20O. The van der Waals surface area contributed by atoms with Crippen molar-refractivity contribution in [3.63, 3.8) is 0 Å². The Balaban J connectivity index is 2.13. The van der Waals surface area contributed by atoms with Gasteiger partial charge in [-0.3, -0.25) is 0 Å². The largest absolute Gasteiger partial charge is 0.389 e. The van der Waals surface area contributed by atoms with Gasteiger partial charge in [0, 0.05) is 0 Å². The first-order valence-corrected chi connectivity index (χ1v) is 6.69. The van der Waals surface area contributed by atoms with Gasteiger partial charge in [-0.1, -0.05) is 72.3 Å². The van der Waals surface area contributed by atoms with E-state index in [9.17, 15) is 5.11 Å². The Bertz CT molecular complexity index is 468. The molecule has 1 N–H and O–H groups in total. The van der Waals surface area contributed by atoms with E-state index in [0.29, 0.717) is 0 Å². The smallest absolute Gasteiger partial charge is 0.0695 e. The van der Waals surface area contributed by atoms with Crippen LogP contribution in [0.4, 0.5) is 0 Å². The topological polar surface area (TPSA) is 20.2 Å². The quantitative estimate of drug-likeness (QED) is 0.803. The first-order valence-electron chi connectivity index (χ1n) is 6.69. The second-order valence-electron chi connectivity index (χ2n) is 4.89. The van der Waals surface area contributed by atoms with Gasteiger partial charge in [-0.05, 0) is 30.9 Å². The van der Waals surface area contributed by atoms with Crippen LogP contribution in [0.1, 0.15) is 18.1 Å². The average Bonchev–Trinajstić information content (AvgIpc) is 2.40. The summed E-state index contributed by atoms with van der Waals surface area (Å²) >= 11 is 0. The summed E-state index contributed by atoms with van der Waals surface area (Å²) < 4.78 is 0. The Morgan fingerprint density at radius 3 is 1.68 bits per heavy atom. The van der Waals surface area contributed by atoms with Crippen LogP contribution in [0.25, 0.3) is 0 Å². The molecular weight excluding hydrogens is 232 g/mol. The fourth-order valence-corrected chi connectivity index (χ4v) is 2.24. The van der Waals surface area contributed by atoms with E-state index in [1.807, 2.05) is 18.2 Å². The molecule has 0 aliphatic heterocycles. The molecule has 2 rings (SSSR count). The predicted molar refractivity (Wildman–Crippen MR) is 80.1 cm³/mol. The minimum Gasteiger partial charge on any atom is -0.389 e. The number of hydrogen-bond donors (Lipinski definition) is 1. The second kappa shape index (κ2) is 6.91. The standard InChI is InChI=1S/C18H20O/c1-15(19)12-18(13-16-8-4-2-5-9-16)14-17-10-6-3-7-11-17/h2-12,15,19H,13-14H2,1H3. The van der Waals surface area contributed by atoms with Gasteiger partial charge in [0.05, 0.1) is 6.10 Å². The van der Waals surface area contributed by atoms with E-state index in [2.05, 4.69) is 48.5 Å². The van der Waals surface area contributed by atoms with Crippen molar-refractivity contribution in [1.29, 1.82) is 0 Å². The molecule has 0 aliphatic carbocycles. The van der Waals surface area contributed by atoms with Crippen LogP contribution in [-0.2, 0) is 12.8 Å². The number of rotatable bonds is 5. The minimum absolute atomic E-state index is 0.401. The molecule has 0 saturated carbocycles. The number of aliphatic hydroxyl groups excluding tert-OH is 1. The molecule has 98 valence electrons. The van der Waals surface area contributed by atoms with E-state index < -0.39 is 6.10 Å². The van der Waals surface area contributed by atoms with E-state index in [-0.39, 0.29) is 0 Å². The predicted octanol–water partition coefficient (Wildman–Crippen LogP) is 3.78. The Morgan fingerprint density at radius 2 is 1.32 bits per heavy atom. The summed E-state index contributed by atoms with van der Waals surface area (Å²) in [5.74, 6) is 0. The van der Waals surface area contributed by atoms with E-state index in [1.165, 1.54) is 16.7 Å². The summed E-state index contributed by atoms with van der Waals surface area (Å²) in [5, 5.41) is 9.60. The van der Waals surface area contributed by atoms with Crippen LogP contribution in [-0.4, -0.2) is 11.2 Å². The highest BCUT2D eigenvalue weighted by Gasteiger charge is 2.03. The normalized spacial score (nSPS) is 11.9. The van der Waals surface area contributed by atoms with E-state index >= 15 is 0 Å². The molecule has 1 nitrogen and oxygen atoms in total. The van der Waals surface area contributed by atoms with Gasteiger partial charge >= 0.3 is 0 Å². The Kier molecular flexibility index (Phi) is 4.93. The van der Waals surface area contributed by atoms with Crippen molar-refractivity contribution < 1.29 is 5.11 Å². The van der Waals surface area contributed by atoms with Crippen LogP contribution >= 0.6 is 0 Å². The monoisotopic (exact) mass is 252 g/mol. The molecule has 0 aliphatic rings. The van der Waals surface area contributed by atoms with Crippen molar-refractivity contribution in [3.8, 4) is 0 Å². The molecule has 0 amide bonds. The van der Waals surface area contributed by atoms with Crippen LogP contribution in [0.3, 0.4) is 0 Å². The van der Waals surface area contributed by atoms with Crippen molar-refractivity contribution in [2.45, 2.75) is 25.9 Å². The Hall–Kier alpha value is -1.86. The van der Waals surface area contributed by atoms with Crippen molar-refractivity contribution in [3.05, 3.63) is 83.4 Å². The number of hydrogen-bond acceptors (Lipinski definition) is 1. The SMILES string of the molecule is CC(O)C=C(Cc1ccccc1)Cc1ccccc1. The lowest BCUT2D eigenvalue weighted by Crippen LogP contribution is -2.02. The van der Waals surface area contributed by atoms with Crippen LogP contribution in [0.15, 0.2) is 72.3 Å². The molecule has 19 heavy (non-hydrogen) atoms. The summed E-state index contributed by atoms with van der Waals surface area (Å²) in [7, 11) is 0. The fourth-order valence-electron chi connectivity index (χ4n) is 2.24. The summed E-state index contributed by atoms with van der Waals surface area (Å²) in [6.07, 6.45) is 3.34. The highest BCUT2D eigenvalue weighted by molar-refractivity contribution is 5.27. The molecule has 0 fully saturated rings. The van der Waals surface area contributed by atoms with Crippen LogP contribution in [0, 0.1) is 0 Å². The highest BCUT2D eigenvalue weighted by Crippen LogP contribution is 2.14. The van der Waals surface area contributed by atoms with Crippen LogP contribution < -0.4 is 0 Å². The number of benzene rings is 2. The summed E-state index contributed by atoms with van der Waals surface area (Å²) in [5.41, 5.74) is 3.82. The van der Waals surface area contributed by atoms with Crippen molar-refractivity contribution in [2.75, 3.05) is 0 Å². The maximum atomic E-state index is 9.60. The van der Waals surface area contributed by atoms with Gasteiger partial charge in [0.2, 0.25) is 0 Å². The summed E-state index contributed by atoms with van der Waals surface area (Å²) in [6, 6.07) is 20.8. The average molecular weight is 252 g/mol. The molecule has 1 heteroatoms. The van der Waals surface area contributed by atoms with Crippen molar-refractivity contribution >= 4 is 0 Å². The van der Waals surface area contributed by atoms with E-state index in [4.69, 9.17) is 0 Å². The zero-order valence-electron chi connectivity index (χ0n) is 11.3. The lowest BCUT2D eigenvalue weighted by atomic mass is 9.97. The third-order valence-electron chi connectivity index (χ3n) is 3.02. The molecule has 0 aromatic heterocycles. The Morgan fingerprint density at radius 1 is 0.895 bits per heavy atom. The minimum atomic E-state index is -0.401. The molecule has 0 radical (unpaired) electrons. The molecule has 2 aromatic rings. The van der Waals surface area contributed by atoms with Gasteiger partial charge < -0.3 is 5.11 Å². The molecule has 0 saturated heterocycles. The van der Waals surface area contributed by atoms with Gasteiger partial charge in [0.15, 0.2) is 0 Å². The van der Waals surface area contributed by atoms with Crippen LogP contribution in [0.2, 0.25) is 0 Å². The van der Waals surface area contributed by atoms with Gasteiger partial charge in [0.25, 0.3) is 0 Å². The third-order valence-corrected chi connectivity index (χ3v) is 3.02. The first kappa shape index (κ1) is 13.6. The van der Waals surface area contributed by atoms with Gasteiger partial charge in [-0.15, -0.1) is 0 Å². The van der Waals surface area contributed by atoms with Crippen molar-refractivity contribution in [2.24, 2.45) is 0 Å². The van der Waals surface area contributed by atoms with Gasteiger partial charge in [-0.2, -0.15) is 0 Å². The maximum Gasteiger partial charge on any atom is 0.0695 e. The molecule has 0 heterocycles. The molecule has 1 atom stereocenters. The lowest BCUT2D eigenvalue weighted by Gasteiger charge is -2.10. The molecule has 0 bridgehead atoms. The van der Waals surface area contributed by atoms with E-state index in [0.717, 1.165) is 12.8 Å². The zero-order chi connectivity index (χ0) is 13.5. The maximum absolute atomic E-state index is 9.60. The van der Waals surface area contributed by atoms with Crippen LogP contribution in [0.5, 0.6) is 0 Å². The summed E-state index contributed by atoms with van der Waals surface area (Å²) in [4.78, 5) is 0. The lowest BCUT2D eigenvalue weighted by molar-refractivity contribution is 0.243. The molecule has 2 aromatic carbocycles. The fraction of sp³-hybridized carbons (Fsp3) is 0.222. The molecule has 1 unspecified atom stereocenters. The zero-order valence-corrected chi connectivity index (χ0v) is 11.3. The van der Waals surface area contributed by atoms with Gasteiger partial charge in [0.1, 0.15) is 0 Å². The van der Waals surface area contributed by atoms with Crippen molar-refractivity contribution in [1.82, 2.24) is 0 Å². The molecule has 0 spiro atoms. The highest BCUT2D eigenvalue weighted by atomic mass is 16.3. The second-order valence-corrected chi connectivity index (χ2v) is 4.89. The van der Waals surface area contributed by atoms with Gasteiger partial charge in [-0.25, -0.2) is 0 Å². The third kappa shape index (κ3) is 4.72. The summed E-state index contributed by atoms with van der Waals surface area (Å²) in [6.45, 7) is 1.80. The number of aliphatic hydroxyl groups is 1. The van der Waals surface area contributed by atoms with E-state index in [1.54, 1.807) is 6.92 Å².